The van der Waals surface area contributed by atoms with Gasteiger partial charge in [0.2, 0.25) is 0 Å². The summed E-state index contributed by atoms with van der Waals surface area (Å²) < 4.78 is 0. The third-order valence-corrected chi connectivity index (χ3v) is 3.63. The van der Waals surface area contributed by atoms with Crippen LogP contribution < -0.4 is 5.32 Å². The number of nitrogens with one attached hydrogen (secondary N) is 2. The molecular weight excluding hydrogens is 244 g/mol. The van der Waals surface area contributed by atoms with Crippen LogP contribution >= 0.6 is 11.3 Å². The van der Waals surface area contributed by atoms with Crippen LogP contribution in [0.1, 0.15) is 10.4 Å². The normalized spacial score (nSPS) is 10.4. The number of nitrogens with zero attached hydrogens (tertiary/aromatic N) is 2. The van der Waals surface area contributed by atoms with Crippen molar-refractivity contribution in [3.8, 4) is 6.07 Å². The quantitative estimate of drug-likeness (QED) is 0.754. The van der Waals surface area contributed by atoms with Gasteiger partial charge in [-0.05, 0) is 24.3 Å². The Morgan fingerprint density at radius 3 is 3.17 bits per heavy atom. The Balaban J connectivity index is 1.74. The maximum absolute atomic E-state index is 8.76. The maximum atomic E-state index is 8.76. The van der Waals surface area contributed by atoms with Crippen molar-refractivity contribution in [3.63, 3.8) is 0 Å². The van der Waals surface area contributed by atoms with Gasteiger partial charge in [0.15, 0.2) is 0 Å². The Hall–Kier alpha value is -2.32. The zero-order valence-corrected chi connectivity index (χ0v) is 10.3. The van der Waals surface area contributed by atoms with Gasteiger partial charge >= 0.3 is 0 Å². The molecule has 3 aromatic rings. The fourth-order valence-corrected chi connectivity index (χ4v) is 2.52. The lowest BCUT2D eigenvalue weighted by molar-refractivity contribution is 1.12. The molecule has 2 heterocycles. The molecule has 3 rings (SSSR count). The SMILES string of the molecule is N#Cc1csc(CNc2ccc3[nH]ncc3c2)c1. The minimum Gasteiger partial charge on any atom is -0.380 e. The van der Waals surface area contributed by atoms with Gasteiger partial charge in [0.25, 0.3) is 0 Å². The first-order valence-electron chi connectivity index (χ1n) is 5.50. The minimum atomic E-state index is 0.724. The highest BCUT2D eigenvalue weighted by Gasteiger charge is 2.01. The van der Waals surface area contributed by atoms with Gasteiger partial charge < -0.3 is 5.32 Å². The number of fused-ring (bicyclic) bond motifs is 1. The number of rotatable bonds is 3. The summed E-state index contributed by atoms with van der Waals surface area (Å²) in [5, 5.41) is 22.0. The van der Waals surface area contributed by atoms with Crippen molar-refractivity contribution in [3.05, 3.63) is 46.3 Å². The fourth-order valence-electron chi connectivity index (χ4n) is 1.77. The van der Waals surface area contributed by atoms with Crippen LogP contribution in [-0.4, -0.2) is 10.2 Å². The molecule has 0 spiro atoms. The van der Waals surface area contributed by atoms with Gasteiger partial charge in [0.1, 0.15) is 6.07 Å². The Morgan fingerprint density at radius 2 is 2.33 bits per heavy atom. The highest BCUT2D eigenvalue weighted by molar-refractivity contribution is 7.10. The van der Waals surface area contributed by atoms with Gasteiger partial charge in [-0.2, -0.15) is 10.4 Å². The van der Waals surface area contributed by atoms with Crippen LogP contribution in [-0.2, 0) is 6.54 Å². The van der Waals surface area contributed by atoms with E-state index in [4.69, 9.17) is 5.26 Å². The Labute approximate surface area is 108 Å². The minimum absolute atomic E-state index is 0.724. The van der Waals surface area contributed by atoms with Crippen molar-refractivity contribution in [2.45, 2.75) is 6.54 Å². The number of aromatic amines is 1. The average Bonchev–Trinajstić information content (AvgIpc) is 3.04. The second-order valence-corrected chi connectivity index (χ2v) is 4.93. The van der Waals surface area contributed by atoms with E-state index in [9.17, 15) is 0 Å². The van der Waals surface area contributed by atoms with Gasteiger partial charge in [0.05, 0.1) is 17.3 Å². The number of H-pyrrole nitrogens is 1. The molecule has 18 heavy (non-hydrogen) atoms. The van der Waals surface area contributed by atoms with Gasteiger partial charge in [-0.3, -0.25) is 5.10 Å². The molecule has 0 aliphatic rings. The molecule has 0 atom stereocenters. The molecule has 0 radical (unpaired) electrons. The second kappa shape index (κ2) is 4.51. The van der Waals surface area contributed by atoms with Crippen molar-refractivity contribution < 1.29 is 0 Å². The number of nitriles is 1. The average molecular weight is 254 g/mol. The number of anilines is 1. The number of thiophene rings is 1. The summed E-state index contributed by atoms with van der Waals surface area (Å²) in [6.45, 7) is 0.732. The van der Waals surface area contributed by atoms with E-state index in [2.05, 4.69) is 27.6 Å². The summed E-state index contributed by atoms with van der Waals surface area (Å²) in [5.41, 5.74) is 2.81. The molecule has 0 unspecified atom stereocenters. The van der Waals surface area contributed by atoms with Crippen molar-refractivity contribution in [2.75, 3.05) is 5.32 Å². The van der Waals surface area contributed by atoms with E-state index < -0.39 is 0 Å². The Morgan fingerprint density at radius 1 is 1.39 bits per heavy atom. The summed E-state index contributed by atoms with van der Waals surface area (Å²) in [6.07, 6.45) is 1.81. The first kappa shape index (κ1) is 10.8. The fraction of sp³-hybridized carbons (Fsp3) is 0.0769. The molecule has 0 amide bonds. The molecule has 0 saturated heterocycles. The van der Waals surface area contributed by atoms with Crippen LogP contribution in [0.5, 0.6) is 0 Å². The van der Waals surface area contributed by atoms with Crippen molar-refractivity contribution >= 4 is 27.9 Å². The van der Waals surface area contributed by atoms with E-state index in [0.717, 1.165) is 33.6 Å². The topological polar surface area (TPSA) is 64.5 Å². The van der Waals surface area contributed by atoms with E-state index in [1.165, 1.54) is 0 Å². The van der Waals surface area contributed by atoms with Gasteiger partial charge in [0, 0.05) is 27.9 Å². The van der Waals surface area contributed by atoms with Gasteiger partial charge in [-0.25, -0.2) is 0 Å². The predicted molar refractivity (Wildman–Crippen MR) is 72.5 cm³/mol. The van der Waals surface area contributed by atoms with E-state index in [1.807, 2.05) is 23.6 Å². The van der Waals surface area contributed by atoms with Gasteiger partial charge in [-0.15, -0.1) is 11.3 Å². The van der Waals surface area contributed by atoms with Crippen LogP contribution in [0, 0.1) is 11.3 Å². The smallest absolute Gasteiger partial charge is 0.100 e. The largest absolute Gasteiger partial charge is 0.380 e. The van der Waals surface area contributed by atoms with Crippen LogP contribution in [0.3, 0.4) is 0 Å². The number of benzene rings is 1. The van der Waals surface area contributed by atoms with Gasteiger partial charge in [-0.1, -0.05) is 0 Å². The van der Waals surface area contributed by atoms with E-state index >= 15 is 0 Å². The summed E-state index contributed by atoms with van der Waals surface area (Å²) >= 11 is 1.60. The van der Waals surface area contributed by atoms with Crippen molar-refractivity contribution in [2.24, 2.45) is 0 Å². The van der Waals surface area contributed by atoms with Crippen LogP contribution in [0.15, 0.2) is 35.8 Å². The number of aromatic nitrogens is 2. The molecule has 5 heteroatoms. The monoisotopic (exact) mass is 254 g/mol. The first-order chi connectivity index (χ1) is 8.85. The first-order valence-corrected chi connectivity index (χ1v) is 6.37. The second-order valence-electron chi connectivity index (χ2n) is 3.94. The number of hydrogen-bond acceptors (Lipinski definition) is 4. The third-order valence-electron chi connectivity index (χ3n) is 2.69. The Bertz CT molecular complexity index is 720. The molecule has 2 N–H and O–H groups in total. The van der Waals surface area contributed by atoms with Crippen LogP contribution in [0.2, 0.25) is 0 Å². The number of hydrogen-bond donors (Lipinski definition) is 2. The molecule has 0 saturated carbocycles. The lowest BCUT2D eigenvalue weighted by Gasteiger charge is -2.04. The van der Waals surface area contributed by atoms with E-state index in [-0.39, 0.29) is 0 Å². The summed E-state index contributed by atoms with van der Waals surface area (Å²) in [7, 11) is 0. The summed E-state index contributed by atoms with van der Waals surface area (Å²) in [6, 6.07) is 10.1. The van der Waals surface area contributed by atoms with Crippen LogP contribution in [0.4, 0.5) is 5.69 Å². The molecule has 88 valence electrons. The molecule has 0 aliphatic heterocycles. The summed E-state index contributed by atoms with van der Waals surface area (Å²) in [5.74, 6) is 0. The van der Waals surface area contributed by atoms with E-state index in [1.54, 1.807) is 17.5 Å². The lowest BCUT2D eigenvalue weighted by atomic mass is 10.2. The molecule has 4 nitrogen and oxygen atoms in total. The zero-order chi connectivity index (χ0) is 12.4. The molecule has 0 aliphatic carbocycles. The lowest BCUT2D eigenvalue weighted by Crippen LogP contribution is -1.96. The molecule has 2 aromatic heterocycles. The van der Waals surface area contributed by atoms with E-state index in [0.29, 0.717) is 0 Å². The molecule has 0 fully saturated rings. The summed E-state index contributed by atoms with van der Waals surface area (Å²) in [4.78, 5) is 1.15. The zero-order valence-electron chi connectivity index (χ0n) is 9.47. The third kappa shape index (κ3) is 2.06. The molecule has 1 aromatic carbocycles. The highest BCUT2D eigenvalue weighted by atomic mass is 32.1. The molecule has 0 bridgehead atoms. The Kier molecular flexibility index (Phi) is 2.71. The molecular formula is C13H10N4S. The standard InChI is InChI=1S/C13H10N4S/c14-5-9-3-12(18-8-9)7-15-11-1-2-13-10(4-11)6-16-17-13/h1-4,6,8,15H,7H2,(H,16,17). The van der Waals surface area contributed by atoms with Crippen molar-refractivity contribution in [1.29, 1.82) is 5.26 Å². The van der Waals surface area contributed by atoms with Crippen LogP contribution in [0.25, 0.3) is 10.9 Å². The highest BCUT2D eigenvalue weighted by Crippen LogP contribution is 2.19. The van der Waals surface area contributed by atoms with Crippen molar-refractivity contribution in [1.82, 2.24) is 10.2 Å². The predicted octanol–water partition coefficient (Wildman–Crippen LogP) is 3.11. The maximum Gasteiger partial charge on any atom is 0.100 e.